The number of nitrogens with zero attached hydrogens (tertiary/aromatic N) is 2. The molecule has 1 N–H and O–H groups in total. The maximum absolute atomic E-state index is 12.0. The van der Waals surface area contributed by atoms with Crippen LogP contribution in [-0.2, 0) is 4.79 Å². The minimum atomic E-state index is -0.640. The Morgan fingerprint density at radius 3 is 2.50 bits per heavy atom. The smallest absolute Gasteiger partial charge is 0.271 e. The Balaban J connectivity index is 2.08. The largest absolute Gasteiger partial charge is 0.490 e. The van der Waals surface area contributed by atoms with Crippen molar-refractivity contribution in [3.05, 3.63) is 59.7 Å². The van der Waals surface area contributed by atoms with E-state index in [1.807, 2.05) is 13.0 Å². The summed E-state index contributed by atoms with van der Waals surface area (Å²) in [5.41, 5.74) is 3.73. The van der Waals surface area contributed by atoms with Gasteiger partial charge in [-0.1, -0.05) is 18.2 Å². The highest BCUT2D eigenvalue weighted by Crippen LogP contribution is 2.29. The molecule has 148 valence electrons. The Morgan fingerprint density at radius 2 is 1.86 bits per heavy atom. The number of carbonyl (C=O) groups excluding carboxylic acids is 2. The van der Waals surface area contributed by atoms with Crippen LogP contribution in [0, 0.1) is 0 Å². The number of nitrogens with one attached hydrogen (secondary N) is 1. The third-order valence-corrected chi connectivity index (χ3v) is 3.78. The third kappa shape index (κ3) is 5.84. The third-order valence-electron chi connectivity index (χ3n) is 3.78. The second-order valence-corrected chi connectivity index (χ2v) is 6.20. The highest BCUT2D eigenvalue weighted by atomic mass is 16.5. The van der Waals surface area contributed by atoms with Crippen molar-refractivity contribution in [3.8, 4) is 11.5 Å². The van der Waals surface area contributed by atoms with Gasteiger partial charge in [-0.05, 0) is 49.7 Å². The van der Waals surface area contributed by atoms with E-state index in [2.05, 4.69) is 10.5 Å². The Hall–Kier alpha value is -3.35. The summed E-state index contributed by atoms with van der Waals surface area (Å²) in [5, 5.41) is 3.98. The van der Waals surface area contributed by atoms with E-state index in [-0.39, 0.29) is 11.8 Å². The highest BCUT2D eigenvalue weighted by molar-refractivity contribution is 5.94. The standard InChI is InChI=1S/C21H25N3O4/c1-5-27-19-13-16(11-12-18(19)28-15(2)21(26)24(3)4)14-22-23-20(25)17-9-7-6-8-10-17/h6-15H,5H2,1-4H3,(H,23,25)/b22-14-/t15-/m0/s1. The molecule has 7 heteroatoms. The van der Waals surface area contributed by atoms with Gasteiger partial charge >= 0.3 is 0 Å². The first-order chi connectivity index (χ1) is 13.4. The highest BCUT2D eigenvalue weighted by Gasteiger charge is 2.18. The van der Waals surface area contributed by atoms with Crippen molar-refractivity contribution < 1.29 is 19.1 Å². The summed E-state index contributed by atoms with van der Waals surface area (Å²) in [6.45, 7) is 3.99. The van der Waals surface area contributed by atoms with Gasteiger partial charge in [-0.25, -0.2) is 5.43 Å². The summed E-state index contributed by atoms with van der Waals surface area (Å²) in [6.07, 6.45) is 0.875. The molecule has 2 aromatic carbocycles. The summed E-state index contributed by atoms with van der Waals surface area (Å²) in [4.78, 5) is 25.5. The molecule has 0 unspecified atom stereocenters. The van der Waals surface area contributed by atoms with Crippen LogP contribution in [0.1, 0.15) is 29.8 Å². The molecule has 28 heavy (non-hydrogen) atoms. The van der Waals surface area contributed by atoms with Crippen molar-refractivity contribution >= 4 is 18.0 Å². The lowest BCUT2D eigenvalue weighted by atomic mass is 10.2. The molecule has 2 aromatic rings. The number of carbonyl (C=O) groups is 2. The molecule has 2 rings (SSSR count). The van der Waals surface area contributed by atoms with Crippen molar-refractivity contribution in [3.63, 3.8) is 0 Å². The van der Waals surface area contributed by atoms with Gasteiger partial charge in [-0.15, -0.1) is 0 Å². The van der Waals surface area contributed by atoms with Gasteiger partial charge in [0.25, 0.3) is 11.8 Å². The van der Waals surface area contributed by atoms with Gasteiger partial charge < -0.3 is 14.4 Å². The normalized spacial score (nSPS) is 11.7. The predicted octanol–water partition coefficient (Wildman–Crippen LogP) is 2.70. The van der Waals surface area contributed by atoms with Crippen LogP contribution in [-0.4, -0.2) is 49.7 Å². The molecule has 0 aromatic heterocycles. The van der Waals surface area contributed by atoms with Crippen molar-refractivity contribution in [2.45, 2.75) is 20.0 Å². The van der Waals surface area contributed by atoms with E-state index in [4.69, 9.17) is 9.47 Å². The fourth-order valence-corrected chi connectivity index (χ4v) is 2.39. The molecule has 0 radical (unpaired) electrons. The zero-order chi connectivity index (χ0) is 20.5. The van der Waals surface area contributed by atoms with Gasteiger partial charge in [-0.3, -0.25) is 9.59 Å². The predicted molar refractivity (Wildman–Crippen MR) is 108 cm³/mol. The SMILES string of the molecule is CCOc1cc(/C=N\NC(=O)c2ccccc2)ccc1O[C@@H](C)C(=O)N(C)C. The second kappa shape index (κ2) is 10.1. The number of benzene rings is 2. The number of hydrogen-bond donors (Lipinski definition) is 1. The van der Waals surface area contributed by atoms with Crippen LogP contribution in [0.3, 0.4) is 0 Å². The number of likely N-dealkylation sites (N-methyl/N-ethyl adjacent to an activating group) is 1. The summed E-state index contributed by atoms with van der Waals surface area (Å²) in [7, 11) is 3.35. The van der Waals surface area contributed by atoms with Gasteiger partial charge in [0, 0.05) is 19.7 Å². The average Bonchev–Trinajstić information content (AvgIpc) is 2.69. The molecule has 2 amide bonds. The van der Waals surface area contributed by atoms with E-state index < -0.39 is 6.10 Å². The molecule has 0 spiro atoms. The van der Waals surface area contributed by atoms with Crippen LogP contribution < -0.4 is 14.9 Å². The lowest BCUT2D eigenvalue weighted by Gasteiger charge is -2.20. The lowest BCUT2D eigenvalue weighted by Crippen LogP contribution is -2.35. The maximum atomic E-state index is 12.0. The molecule has 0 bridgehead atoms. The molecule has 0 fully saturated rings. The summed E-state index contributed by atoms with van der Waals surface area (Å²) in [5.74, 6) is 0.531. The monoisotopic (exact) mass is 383 g/mol. The van der Waals surface area contributed by atoms with Crippen LogP contribution >= 0.6 is 0 Å². The first-order valence-corrected chi connectivity index (χ1v) is 8.95. The molecule has 0 aliphatic carbocycles. The van der Waals surface area contributed by atoms with E-state index in [1.54, 1.807) is 63.5 Å². The zero-order valence-corrected chi connectivity index (χ0v) is 16.5. The summed E-state index contributed by atoms with van der Waals surface area (Å²) in [6, 6.07) is 14.0. The zero-order valence-electron chi connectivity index (χ0n) is 16.5. The van der Waals surface area contributed by atoms with Gasteiger partial charge in [0.05, 0.1) is 12.8 Å². The van der Waals surface area contributed by atoms with Crippen molar-refractivity contribution in [1.82, 2.24) is 10.3 Å². The van der Waals surface area contributed by atoms with E-state index in [9.17, 15) is 9.59 Å². The van der Waals surface area contributed by atoms with Crippen LogP contribution in [0.4, 0.5) is 0 Å². The van der Waals surface area contributed by atoms with Gasteiger partial charge in [0.15, 0.2) is 17.6 Å². The average molecular weight is 383 g/mol. The molecule has 0 saturated carbocycles. The Bertz CT molecular complexity index is 835. The lowest BCUT2D eigenvalue weighted by molar-refractivity contribution is -0.135. The molecule has 0 heterocycles. The van der Waals surface area contributed by atoms with Gasteiger partial charge in [0.2, 0.25) is 0 Å². The van der Waals surface area contributed by atoms with Gasteiger partial charge in [0.1, 0.15) is 0 Å². The van der Waals surface area contributed by atoms with Crippen molar-refractivity contribution in [2.24, 2.45) is 5.10 Å². The van der Waals surface area contributed by atoms with E-state index >= 15 is 0 Å². The number of amides is 2. The molecule has 0 saturated heterocycles. The number of hydrogen-bond acceptors (Lipinski definition) is 5. The summed E-state index contributed by atoms with van der Waals surface area (Å²) < 4.78 is 11.4. The minimum absolute atomic E-state index is 0.142. The van der Waals surface area contributed by atoms with Gasteiger partial charge in [-0.2, -0.15) is 5.10 Å². The van der Waals surface area contributed by atoms with Crippen LogP contribution in [0.5, 0.6) is 11.5 Å². The molecule has 7 nitrogen and oxygen atoms in total. The minimum Gasteiger partial charge on any atom is -0.490 e. The second-order valence-electron chi connectivity index (χ2n) is 6.20. The number of hydrazone groups is 1. The first-order valence-electron chi connectivity index (χ1n) is 8.95. The van der Waals surface area contributed by atoms with Crippen LogP contribution in [0.2, 0.25) is 0 Å². The summed E-state index contributed by atoms with van der Waals surface area (Å²) >= 11 is 0. The molecular formula is C21H25N3O4. The van der Waals surface area contributed by atoms with Crippen LogP contribution in [0.15, 0.2) is 53.6 Å². The molecule has 1 atom stereocenters. The van der Waals surface area contributed by atoms with Crippen molar-refractivity contribution in [2.75, 3.05) is 20.7 Å². The first kappa shape index (κ1) is 21.0. The van der Waals surface area contributed by atoms with E-state index in [0.29, 0.717) is 23.7 Å². The quantitative estimate of drug-likeness (QED) is 0.561. The Morgan fingerprint density at radius 1 is 1.14 bits per heavy atom. The molecule has 0 aliphatic rings. The maximum Gasteiger partial charge on any atom is 0.271 e. The van der Waals surface area contributed by atoms with Crippen molar-refractivity contribution in [1.29, 1.82) is 0 Å². The van der Waals surface area contributed by atoms with E-state index in [0.717, 1.165) is 5.56 Å². The Labute approximate surface area is 164 Å². The fourth-order valence-electron chi connectivity index (χ4n) is 2.39. The Kier molecular flexibility index (Phi) is 7.56. The number of rotatable bonds is 8. The van der Waals surface area contributed by atoms with Crippen LogP contribution in [0.25, 0.3) is 0 Å². The number of ether oxygens (including phenoxy) is 2. The van der Waals surface area contributed by atoms with E-state index in [1.165, 1.54) is 11.1 Å². The molecule has 0 aliphatic heterocycles. The topological polar surface area (TPSA) is 80.2 Å². The molecular weight excluding hydrogens is 358 g/mol. The fraction of sp³-hybridized carbons (Fsp3) is 0.286.